The fourth-order valence-corrected chi connectivity index (χ4v) is 3.72. The lowest BCUT2D eigenvalue weighted by atomic mass is 10.1. The van der Waals surface area contributed by atoms with Gasteiger partial charge in [-0.25, -0.2) is 9.82 Å². The second-order valence-electron chi connectivity index (χ2n) is 7.33. The molecule has 31 heavy (non-hydrogen) atoms. The van der Waals surface area contributed by atoms with Crippen LogP contribution in [0.3, 0.4) is 0 Å². The Kier molecular flexibility index (Phi) is 6.14. The van der Waals surface area contributed by atoms with Crippen molar-refractivity contribution in [1.82, 2.24) is 9.99 Å². The van der Waals surface area contributed by atoms with E-state index in [2.05, 4.69) is 15.1 Å². The molecule has 0 radical (unpaired) electrons. The maximum Gasteiger partial charge on any atom is 0.244 e. The second kappa shape index (κ2) is 9.14. The summed E-state index contributed by atoms with van der Waals surface area (Å²) in [6.45, 7) is 2.63. The average molecular weight is 434 g/mol. The van der Waals surface area contributed by atoms with Crippen molar-refractivity contribution in [2.45, 2.75) is 19.9 Å². The van der Waals surface area contributed by atoms with Crippen LogP contribution in [0.15, 0.2) is 77.9 Å². The molecule has 1 aromatic heterocycles. The number of fused-ring (bicyclic) bond motifs is 1. The molecule has 156 valence electrons. The highest BCUT2D eigenvalue weighted by atomic mass is 35.5. The average Bonchev–Trinajstić information content (AvgIpc) is 3.03. The van der Waals surface area contributed by atoms with Gasteiger partial charge in [0.25, 0.3) is 0 Å². The molecule has 0 aliphatic rings. The van der Waals surface area contributed by atoms with Gasteiger partial charge in [0.15, 0.2) is 0 Å². The molecule has 0 fully saturated rings. The van der Waals surface area contributed by atoms with Gasteiger partial charge in [0.1, 0.15) is 5.82 Å². The number of nitrogens with zero attached hydrogens (tertiary/aromatic N) is 2. The summed E-state index contributed by atoms with van der Waals surface area (Å²) in [5, 5.41) is 5.86. The summed E-state index contributed by atoms with van der Waals surface area (Å²) in [7, 11) is 0. The lowest BCUT2D eigenvalue weighted by Gasteiger charge is -2.08. The molecular formula is C25H21ClFN3O. The topological polar surface area (TPSA) is 46.4 Å². The summed E-state index contributed by atoms with van der Waals surface area (Å²) < 4.78 is 15.4. The molecule has 0 saturated carbocycles. The quantitative estimate of drug-likeness (QED) is 0.317. The number of nitrogens with one attached hydrogen (secondary N) is 1. The molecule has 0 saturated heterocycles. The van der Waals surface area contributed by atoms with Gasteiger partial charge in [-0.2, -0.15) is 5.10 Å². The van der Waals surface area contributed by atoms with E-state index in [1.165, 1.54) is 12.1 Å². The number of rotatable bonds is 6. The largest absolute Gasteiger partial charge is 0.340 e. The molecule has 0 atom stereocenters. The molecule has 0 aliphatic heterocycles. The van der Waals surface area contributed by atoms with Gasteiger partial charge in [0.2, 0.25) is 5.91 Å². The van der Waals surface area contributed by atoms with Crippen molar-refractivity contribution in [2.24, 2.45) is 5.10 Å². The Labute approximate surface area is 185 Å². The number of para-hydroxylation sites is 1. The fourth-order valence-electron chi connectivity index (χ4n) is 3.59. The van der Waals surface area contributed by atoms with Gasteiger partial charge in [-0.05, 0) is 48.4 Å². The van der Waals surface area contributed by atoms with Crippen LogP contribution in [0.4, 0.5) is 4.39 Å². The van der Waals surface area contributed by atoms with E-state index in [0.717, 1.165) is 33.3 Å². The summed E-state index contributed by atoms with van der Waals surface area (Å²) in [4.78, 5) is 12.2. The van der Waals surface area contributed by atoms with Crippen molar-refractivity contribution in [2.75, 3.05) is 0 Å². The minimum Gasteiger partial charge on any atom is -0.340 e. The number of benzene rings is 3. The molecule has 1 amide bonds. The number of aromatic nitrogens is 1. The van der Waals surface area contributed by atoms with Crippen LogP contribution in [0.2, 0.25) is 5.02 Å². The first kappa shape index (κ1) is 20.8. The minimum atomic E-state index is -0.250. The van der Waals surface area contributed by atoms with E-state index >= 15 is 0 Å². The summed E-state index contributed by atoms with van der Waals surface area (Å²) >= 11 is 5.88. The molecule has 0 unspecified atom stereocenters. The summed E-state index contributed by atoms with van der Waals surface area (Å²) in [5.74, 6) is -0.453. The highest BCUT2D eigenvalue weighted by Crippen LogP contribution is 2.25. The van der Waals surface area contributed by atoms with E-state index < -0.39 is 0 Å². The standard InChI is InChI=1S/C25H21ClFN3O/c1-17-23(15-28-29-25(31)14-18-6-10-20(26)11-7-18)22-4-2-3-5-24(22)30(17)16-19-8-12-21(27)13-9-19/h2-13,15H,14,16H2,1H3,(H,29,31)/b28-15-. The molecule has 4 nitrogen and oxygen atoms in total. The predicted molar refractivity (Wildman–Crippen MR) is 123 cm³/mol. The lowest BCUT2D eigenvalue weighted by Crippen LogP contribution is -2.19. The van der Waals surface area contributed by atoms with Crippen LogP contribution in [0.5, 0.6) is 0 Å². The van der Waals surface area contributed by atoms with E-state index in [-0.39, 0.29) is 18.1 Å². The number of amides is 1. The molecule has 6 heteroatoms. The molecule has 1 heterocycles. The summed E-state index contributed by atoms with van der Waals surface area (Å²) in [6, 6.07) is 21.7. The van der Waals surface area contributed by atoms with Gasteiger partial charge in [-0.1, -0.05) is 54.1 Å². The highest BCUT2D eigenvalue weighted by Gasteiger charge is 2.13. The molecule has 0 bridgehead atoms. The fraction of sp³-hybridized carbons (Fsp3) is 0.120. The molecule has 1 N–H and O–H groups in total. The number of halogens is 2. The smallest absolute Gasteiger partial charge is 0.244 e. The number of hydrogen-bond acceptors (Lipinski definition) is 2. The molecule has 0 spiro atoms. The van der Waals surface area contributed by atoms with Crippen LogP contribution in [-0.2, 0) is 17.8 Å². The third kappa shape index (κ3) is 4.84. The first-order valence-corrected chi connectivity index (χ1v) is 10.3. The summed E-state index contributed by atoms with van der Waals surface area (Å²) in [6.07, 6.45) is 1.90. The Balaban J connectivity index is 1.54. The molecule has 0 aliphatic carbocycles. The van der Waals surface area contributed by atoms with E-state index in [4.69, 9.17) is 11.6 Å². The van der Waals surface area contributed by atoms with E-state index in [1.54, 1.807) is 30.5 Å². The van der Waals surface area contributed by atoms with Crippen molar-refractivity contribution >= 4 is 34.6 Å². The van der Waals surface area contributed by atoms with Gasteiger partial charge in [-0.15, -0.1) is 0 Å². The Hall–Kier alpha value is -3.44. The van der Waals surface area contributed by atoms with E-state index in [1.807, 2.05) is 43.3 Å². The molecule has 3 aromatic carbocycles. The Morgan fingerprint density at radius 1 is 1.03 bits per heavy atom. The lowest BCUT2D eigenvalue weighted by molar-refractivity contribution is -0.120. The third-order valence-corrected chi connectivity index (χ3v) is 5.45. The van der Waals surface area contributed by atoms with Gasteiger partial charge in [-0.3, -0.25) is 4.79 Å². The third-order valence-electron chi connectivity index (χ3n) is 5.19. The number of hydrogen-bond donors (Lipinski definition) is 1. The number of hydrazone groups is 1. The Morgan fingerprint density at radius 3 is 2.45 bits per heavy atom. The monoisotopic (exact) mass is 433 g/mol. The van der Waals surface area contributed by atoms with Crippen molar-refractivity contribution in [3.05, 3.63) is 106 Å². The van der Waals surface area contributed by atoms with Crippen LogP contribution in [0.1, 0.15) is 22.4 Å². The zero-order valence-electron chi connectivity index (χ0n) is 17.0. The Morgan fingerprint density at radius 2 is 1.71 bits per heavy atom. The van der Waals surface area contributed by atoms with Gasteiger partial charge >= 0.3 is 0 Å². The van der Waals surface area contributed by atoms with Crippen LogP contribution in [0, 0.1) is 12.7 Å². The molecule has 4 aromatic rings. The van der Waals surface area contributed by atoms with Gasteiger partial charge < -0.3 is 4.57 Å². The predicted octanol–water partition coefficient (Wildman–Crippen LogP) is 5.48. The van der Waals surface area contributed by atoms with E-state index in [9.17, 15) is 9.18 Å². The zero-order chi connectivity index (χ0) is 21.8. The van der Waals surface area contributed by atoms with Crippen molar-refractivity contribution in [3.8, 4) is 0 Å². The number of carbonyl (C=O) groups excluding carboxylic acids is 1. The maximum atomic E-state index is 13.3. The minimum absolute atomic E-state index is 0.203. The van der Waals surface area contributed by atoms with Crippen LogP contribution >= 0.6 is 11.6 Å². The molecule has 4 rings (SSSR count). The highest BCUT2D eigenvalue weighted by molar-refractivity contribution is 6.30. The van der Waals surface area contributed by atoms with Crippen molar-refractivity contribution in [1.29, 1.82) is 0 Å². The summed E-state index contributed by atoms with van der Waals surface area (Å²) in [5.41, 5.74) is 7.47. The van der Waals surface area contributed by atoms with Crippen molar-refractivity contribution < 1.29 is 9.18 Å². The van der Waals surface area contributed by atoms with Gasteiger partial charge in [0.05, 0.1) is 12.6 Å². The second-order valence-corrected chi connectivity index (χ2v) is 7.76. The van der Waals surface area contributed by atoms with Crippen LogP contribution in [0.25, 0.3) is 10.9 Å². The number of carbonyl (C=O) groups is 1. The van der Waals surface area contributed by atoms with Gasteiger partial charge in [0, 0.05) is 33.7 Å². The first-order chi connectivity index (χ1) is 15.0. The SMILES string of the molecule is Cc1c(/C=N\NC(=O)Cc2ccc(Cl)cc2)c2ccccc2n1Cc1ccc(F)cc1. The normalized spacial score (nSPS) is 11.3. The molecular weight excluding hydrogens is 413 g/mol. The van der Waals surface area contributed by atoms with E-state index in [0.29, 0.717) is 11.6 Å². The maximum absolute atomic E-state index is 13.3. The van der Waals surface area contributed by atoms with Crippen LogP contribution in [-0.4, -0.2) is 16.7 Å². The van der Waals surface area contributed by atoms with Crippen LogP contribution < -0.4 is 5.43 Å². The first-order valence-electron chi connectivity index (χ1n) is 9.90. The van der Waals surface area contributed by atoms with Crippen molar-refractivity contribution in [3.63, 3.8) is 0 Å². The zero-order valence-corrected chi connectivity index (χ0v) is 17.7. The Bertz CT molecular complexity index is 1240.